The summed E-state index contributed by atoms with van der Waals surface area (Å²) in [5, 5.41) is 0. The quantitative estimate of drug-likeness (QED) is 0.707. The Balaban J connectivity index is 1.81. The number of amides is 1. The minimum Gasteiger partial charge on any atom is -0.306 e. The fraction of sp³-hybridized carbons (Fsp3) is 0.350. The number of anilines is 1. The molecule has 2 aliphatic rings. The maximum atomic E-state index is 13.7. The zero-order chi connectivity index (χ0) is 17.7. The van der Waals surface area contributed by atoms with Crippen LogP contribution in [0.3, 0.4) is 0 Å². The molecule has 2 unspecified atom stereocenters. The Morgan fingerprint density at radius 2 is 2.04 bits per heavy atom. The van der Waals surface area contributed by atoms with Crippen LogP contribution < -0.4 is 4.90 Å². The lowest BCUT2D eigenvalue weighted by atomic mass is 9.88. The molecule has 0 aromatic heterocycles. The summed E-state index contributed by atoms with van der Waals surface area (Å²) >= 11 is 3.40. The van der Waals surface area contributed by atoms with Gasteiger partial charge in [0.2, 0.25) is 0 Å². The Hall–Kier alpha value is -1.72. The molecule has 2 heterocycles. The Morgan fingerprint density at radius 1 is 1.24 bits per heavy atom. The molecule has 5 heteroatoms. The van der Waals surface area contributed by atoms with Gasteiger partial charge in [-0.3, -0.25) is 4.79 Å². The van der Waals surface area contributed by atoms with Crippen molar-refractivity contribution >= 4 is 27.5 Å². The second kappa shape index (κ2) is 6.22. The van der Waals surface area contributed by atoms with Crippen LogP contribution in [0, 0.1) is 12.7 Å². The number of halogens is 2. The van der Waals surface area contributed by atoms with Crippen LogP contribution in [0.15, 0.2) is 40.9 Å². The number of carbonyl (C=O) groups is 1. The molecule has 3 nitrogen and oxygen atoms in total. The van der Waals surface area contributed by atoms with E-state index in [1.807, 2.05) is 17.0 Å². The monoisotopic (exact) mass is 402 g/mol. The van der Waals surface area contributed by atoms with E-state index in [1.54, 1.807) is 6.07 Å². The third-order valence-electron chi connectivity index (χ3n) is 5.33. The minimum absolute atomic E-state index is 0.131. The van der Waals surface area contributed by atoms with Gasteiger partial charge in [0, 0.05) is 28.7 Å². The summed E-state index contributed by atoms with van der Waals surface area (Å²) in [5.74, 6) is -0.215. The van der Waals surface area contributed by atoms with Crippen molar-refractivity contribution in [2.75, 3.05) is 25.0 Å². The van der Waals surface area contributed by atoms with Crippen molar-refractivity contribution in [3.63, 3.8) is 0 Å². The maximum Gasteiger partial charge on any atom is 0.259 e. The van der Waals surface area contributed by atoms with Crippen molar-refractivity contribution in [1.29, 1.82) is 0 Å². The number of piperidine rings is 1. The predicted molar refractivity (Wildman–Crippen MR) is 101 cm³/mol. The molecule has 0 aliphatic carbocycles. The Bertz CT molecular complexity index is 854. The zero-order valence-electron chi connectivity index (χ0n) is 14.3. The molecule has 1 amide bonds. The topological polar surface area (TPSA) is 23.6 Å². The first kappa shape index (κ1) is 16.7. The molecule has 0 spiro atoms. The van der Waals surface area contributed by atoms with Crippen LogP contribution in [-0.2, 0) is 0 Å². The average Bonchev–Trinajstić information content (AvgIpc) is 2.89. The van der Waals surface area contributed by atoms with E-state index in [0.29, 0.717) is 16.0 Å². The molecule has 2 aliphatic heterocycles. The van der Waals surface area contributed by atoms with E-state index in [-0.39, 0.29) is 11.9 Å². The molecular formula is C20H20BrFN2O. The summed E-state index contributed by atoms with van der Waals surface area (Å²) < 4.78 is 14.4. The van der Waals surface area contributed by atoms with Crippen LogP contribution in [0.1, 0.15) is 33.8 Å². The smallest absolute Gasteiger partial charge is 0.259 e. The Kier molecular flexibility index (Phi) is 4.16. The molecule has 1 saturated heterocycles. The number of fused-ring (bicyclic) bond motifs is 3. The molecular weight excluding hydrogens is 383 g/mol. The number of likely N-dealkylation sites (N-methyl/N-ethyl adjacent to an activating group) is 1. The van der Waals surface area contributed by atoms with Gasteiger partial charge in [0.25, 0.3) is 5.91 Å². The summed E-state index contributed by atoms with van der Waals surface area (Å²) in [6, 6.07) is 10.7. The fourth-order valence-corrected chi connectivity index (χ4v) is 4.55. The lowest BCUT2D eigenvalue weighted by Gasteiger charge is -2.36. The molecule has 2 atom stereocenters. The average molecular weight is 403 g/mol. The van der Waals surface area contributed by atoms with Gasteiger partial charge >= 0.3 is 0 Å². The van der Waals surface area contributed by atoms with E-state index in [1.165, 1.54) is 23.3 Å². The van der Waals surface area contributed by atoms with Crippen molar-refractivity contribution in [3.05, 3.63) is 63.4 Å². The first-order valence-electron chi connectivity index (χ1n) is 8.53. The summed E-state index contributed by atoms with van der Waals surface area (Å²) in [6.45, 7) is 3.98. The maximum absolute atomic E-state index is 13.7. The Morgan fingerprint density at radius 3 is 2.84 bits per heavy atom. The van der Waals surface area contributed by atoms with Gasteiger partial charge in [-0.15, -0.1) is 0 Å². The highest BCUT2D eigenvalue weighted by atomic mass is 79.9. The van der Waals surface area contributed by atoms with Gasteiger partial charge in [-0.2, -0.15) is 0 Å². The van der Waals surface area contributed by atoms with Crippen molar-refractivity contribution in [2.24, 2.45) is 0 Å². The van der Waals surface area contributed by atoms with E-state index in [2.05, 4.69) is 40.9 Å². The van der Waals surface area contributed by atoms with Gasteiger partial charge in [0.05, 0.1) is 5.56 Å². The number of carbonyl (C=O) groups excluding carboxylic acids is 1. The lowest BCUT2D eigenvalue weighted by molar-refractivity contribution is 0.0963. The SMILES string of the molecule is Cc1ccc2c(c1)C1CN(C)CCC1N2C(=O)c1cc(F)ccc1Br. The number of nitrogens with zero attached hydrogens (tertiary/aromatic N) is 2. The van der Waals surface area contributed by atoms with Crippen molar-refractivity contribution in [2.45, 2.75) is 25.3 Å². The highest BCUT2D eigenvalue weighted by molar-refractivity contribution is 9.10. The van der Waals surface area contributed by atoms with Crippen LogP contribution in [0.4, 0.5) is 10.1 Å². The molecule has 0 bridgehead atoms. The number of aryl methyl sites for hydroxylation is 1. The van der Waals surface area contributed by atoms with Crippen LogP contribution in [0.5, 0.6) is 0 Å². The summed E-state index contributed by atoms with van der Waals surface area (Å²) in [5.41, 5.74) is 3.78. The van der Waals surface area contributed by atoms with Gasteiger partial charge in [0.1, 0.15) is 5.82 Å². The summed E-state index contributed by atoms with van der Waals surface area (Å²) in [7, 11) is 2.12. The minimum atomic E-state index is -0.394. The number of hydrogen-bond donors (Lipinski definition) is 0. The molecule has 0 saturated carbocycles. The summed E-state index contributed by atoms with van der Waals surface area (Å²) in [4.78, 5) is 17.5. The van der Waals surface area contributed by atoms with Crippen LogP contribution in [0.25, 0.3) is 0 Å². The van der Waals surface area contributed by atoms with E-state index < -0.39 is 5.82 Å². The molecule has 130 valence electrons. The van der Waals surface area contributed by atoms with E-state index >= 15 is 0 Å². The number of benzene rings is 2. The van der Waals surface area contributed by atoms with Gasteiger partial charge in [0.15, 0.2) is 0 Å². The van der Waals surface area contributed by atoms with Gasteiger partial charge in [-0.1, -0.05) is 17.7 Å². The highest BCUT2D eigenvalue weighted by Crippen LogP contribution is 2.45. The second-order valence-electron chi connectivity index (χ2n) is 7.09. The third kappa shape index (κ3) is 2.79. The first-order chi connectivity index (χ1) is 12.0. The fourth-order valence-electron chi connectivity index (χ4n) is 4.14. The summed E-state index contributed by atoms with van der Waals surface area (Å²) in [6.07, 6.45) is 0.924. The van der Waals surface area contributed by atoms with Gasteiger partial charge in [-0.25, -0.2) is 4.39 Å². The lowest BCUT2D eigenvalue weighted by Crippen LogP contribution is -2.47. The van der Waals surface area contributed by atoms with E-state index in [9.17, 15) is 9.18 Å². The molecule has 0 N–H and O–H groups in total. The molecule has 25 heavy (non-hydrogen) atoms. The molecule has 2 aromatic rings. The van der Waals surface area contributed by atoms with Crippen LogP contribution >= 0.6 is 15.9 Å². The van der Waals surface area contributed by atoms with E-state index in [4.69, 9.17) is 0 Å². The molecule has 1 fully saturated rings. The molecule has 4 rings (SSSR count). The van der Waals surface area contributed by atoms with Crippen molar-refractivity contribution in [3.8, 4) is 0 Å². The second-order valence-corrected chi connectivity index (χ2v) is 7.94. The zero-order valence-corrected chi connectivity index (χ0v) is 15.9. The van der Waals surface area contributed by atoms with E-state index in [0.717, 1.165) is 25.2 Å². The standard InChI is InChI=1S/C20H20BrFN2O/c1-12-3-6-18-14(9-12)16-11-23(2)8-7-19(16)24(18)20(25)15-10-13(22)4-5-17(15)21/h3-6,9-10,16,19H,7-8,11H2,1-2H3. The van der Waals surface area contributed by atoms with Gasteiger partial charge in [-0.05, 0) is 72.7 Å². The largest absolute Gasteiger partial charge is 0.306 e. The van der Waals surface area contributed by atoms with Crippen LogP contribution in [0.2, 0.25) is 0 Å². The first-order valence-corrected chi connectivity index (χ1v) is 9.32. The third-order valence-corrected chi connectivity index (χ3v) is 6.02. The number of hydrogen-bond acceptors (Lipinski definition) is 2. The predicted octanol–water partition coefficient (Wildman–Crippen LogP) is 4.34. The Labute approximate surface area is 155 Å². The van der Waals surface area contributed by atoms with Crippen LogP contribution in [-0.4, -0.2) is 37.0 Å². The molecule has 0 radical (unpaired) electrons. The number of likely N-dealkylation sites (tertiary alicyclic amines) is 1. The molecule has 2 aromatic carbocycles. The van der Waals surface area contributed by atoms with Crippen molar-refractivity contribution < 1.29 is 9.18 Å². The normalized spacial score (nSPS) is 22.6. The van der Waals surface area contributed by atoms with Gasteiger partial charge < -0.3 is 9.80 Å². The number of rotatable bonds is 1. The van der Waals surface area contributed by atoms with Crippen molar-refractivity contribution in [1.82, 2.24) is 4.90 Å². The highest BCUT2D eigenvalue weighted by Gasteiger charge is 2.44.